The summed E-state index contributed by atoms with van der Waals surface area (Å²) in [4.78, 5) is 16.4. The van der Waals surface area contributed by atoms with Gasteiger partial charge in [0.1, 0.15) is 0 Å². The Hall–Kier alpha value is -2.47. The number of carbonyl (C=O) groups is 1. The number of rotatable bonds is 9. The van der Waals surface area contributed by atoms with Crippen LogP contribution in [0.3, 0.4) is 0 Å². The number of ether oxygens (including phenoxy) is 1. The lowest BCUT2D eigenvalue weighted by Gasteiger charge is -2.24. The van der Waals surface area contributed by atoms with Crippen LogP contribution in [-0.4, -0.2) is 36.6 Å². The highest BCUT2D eigenvalue weighted by Crippen LogP contribution is 2.20. The summed E-state index contributed by atoms with van der Waals surface area (Å²) < 4.78 is 5.82. The van der Waals surface area contributed by atoms with Crippen LogP contribution in [-0.2, 0) is 22.5 Å². The summed E-state index contributed by atoms with van der Waals surface area (Å²) in [6.07, 6.45) is 3.20. The van der Waals surface area contributed by atoms with Gasteiger partial charge in [-0.25, -0.2) is 0 Å². The number of nitrogens with one attached hydrogen (secondary N) is 1. The van der Waals surface area contributed by atoms with Gasteiger partial charge < -0.3 is 10.1 Å². The molecular weight excluding hydrogens is 392 g/mol. The van der Waals surface area contributed by atoms with Gasteiger partial charge in [0.05, 0.1) is 12.6 Å². The van der Waals surface area contributed by atoms with E-state index in [1.165, 1.54) is 10.4 Å². The molecule has 4 rings (SSSR count). The lowest BCUT2D eigenvalue weighted by Crippen LogP contribution is -2.37. The molecule has 0 saturated carbocycles. The van der Waals surface area contributed by atoms with Crippen LogP contribution in [0.25, 0.3) is 0 Å². The molecule has 1 amide bonds. The molecule has 1 aliphatic rings. The van der Waals surface area contributed by atoms with Crippen molar-refractivity contribution in [2.24, 2.45) is 0 Å². The first-order valence-electron chi connectivity index (χ1n) is 10.5. The highest BCUT2D eigenvalue weighted by molar-refractivity contribution is 7.09. The van der Waals surface area contributed by atoms with Crippen molar-refractivity contribution < 1.29 is 9.53 Å². The van der Waals surface area contributed by atoms with Crippen LogP contribution in [0.15, 0.2) is 72.1 Å². The second-order valence-electron chi connectivity index (χ2n) is 7.75. The predicted molar refractivity (Wildman–Crippen MR) is 123 cm³/mol. The molecule has 2 aromatic carbocycles. The second-order valence-corrected chi connectivity index (χ2v) is 8.78. The van der Waals surface area contributed by atoms with E-state index in [-0.39, 0.29) is 12.0 Å². The number of para-hydroxylation sites is 1. The summed E-state index contributed by atoms with van der Waals surface area (Å²) in [5, 5.41) is 5.23. The molecule has 2 heterocycles. The number of benzene rings is 2. The van der Waals surface area contributed by atoms with E-state index in [4.69, 9.17) is 4.74 Å². The number of hydrogen-bond donors (Lipinski definition) is 1. The van der Waals surface area contributed by atoms with Crippen molar-refractivity contribution in [2.75, 3.05) is 25.0 Å². The summed E-state index contributed by atoms with van der Waals surface area (Å²) >= 11 is 1.73. The van der Waals surface area contributed by atoms with Gasteiger partial charge in [-0.3, -0.25) is 9.69 Å². The van der Waals surface area contributed by atoms with Crippen LogP contribution in [0.5, 0.6) is 0 Å². The molecule has 5 heteroatoms. The molecule has 1 aliphatic heterocycles. The number of hydrogen-bond acceptors (Lipinski definition) is 4. The fourth-order valence-electron chi connectivity index (χ4n) is 3.89. The molecule has 0 aliphatic carbocycles. The van der Waals surface area contributed by atoms with Gasteiger partial charge in [0.15, 0.2) is 0 Å². The Morgan fingerprint density at radius 3 is 2.67 bits per heavy atom. The maximum absolute atomic E-state index is 12.9. The zero-order chi connectivity index (χ0) is 20.6. The molecule has 156 valence electrons. The van der Waals surface area contributed by atoms with Crippen molar-refractivity contribution in [3.8, 4) is 0 Å². The van der Waals surface area contributed by atoms with E-state index in [0.29, 0.717) is 6.54 Å². The quantitative estimate of drug-likeness (QED) is 0.532. The zero-order valence-corrected chi connectivity index (χ0v) is 17.9. The van der Waals surface area contributed by atoms with E-state index < -0.39 is 0 Å². The highest BCUT2D eigenvalue weighted by atomic mass is 32.1. The Labute approximate surface area is 182 Å². The van der Waals surface area contributed by atoms with Crippen LogP contribution < -0.4 is 5.32 Å². The fourth-order valence-corrected chi connectivity index (χ4v) is 4.64. The van der Waals surface area contributed by atoms with Gasteiger partial charge in [0, 0.05) is 30.3 Å². The van der Waals surface area contributed by atoms with Crippen LogP contribution in [0.1, 0.15) is 28.8 Å². The van der Waals surface area contributed by atoms with Crippen LogP contribution >= 0.6 is 11.3 Å². The zero-order valence-electron chi connectivity index (χ0n) is 17.1. The van der Waals surface area contributed by atoms with Crippen LogP contribution in [0.2, 0.25) is 0 Å². The minimum absolute atomic E-state index is 0.0186. The summed E-state index contributed by atoms with van der Waals surface area (Å²) in [5.74, 6) is 0.0186. The van der Waals surface area contributed by atoms with Crippen molar-refractivity contribution in [1.29, 1.82) is 0 Å². The molecular formula is C25H28N2O2S. The predicted octanol–water partition coefficient (Wildman–Crippen LogP) is 4.96. The molecule has 1 aromatic heterocycles. The fraction of sp³-hybridized carbons (Fsp3) is 0.320. The molecule has 30 heavy (non-hydrogen) atoms. The SMILES string of the molecule is O=C(CN(Cc1cccs1)C[C@@H]1CCCO1)Nc1ccccc1Cc1ccccc1. The van der Waals surface area contributed by atoms with Gasteiger partial charge in [0.2, 0.25) is 5.91 Å². The van der Waals surface area contributed by atoms with Gasteiger partial charge in [0.25, 0.3) is 0 Å². The summed E-state index contributed by atoms with van der Waals surface area (Å²) in [5.41, 5.74) is 3.25. The Morgan fingerprint density at radius 1 is 1.07 bits per heavy atom. The van der Waals surface area contributed by atoms with Gasteiger partial charge in [-0.05, 0) is 47.9 Å². The van der Waals surface area contributed by atoms with E-state index in [1.807, 2.05) is 36.4 Å². The average Bonchev–Trinajstić information content (AvgIpc) is 3.45. The largest absolute Gasteiger partial charge is 0.377 e. The third-order valence-electron chi connectivity index (χ3n) is 5.34. The van der Waals surface area contributed by atoms with Crippen molar-refractivity contribution in [1.82, 2.24) is 4.90 Å². The lowest BCUT2D eigenvalue weighted by molar-refractivity contribution is -0.117. The number of nitrogens with zero attached hydrogens (tertiary/aromatic N) is 1. The van der Waals surface area contributed by atoms with Crippen molar-refractivity contribution in [3.05, 3.63) is 88.1 Å². The minimum Gasteiger partial charge on any atom is -0.377 e. The lowest BCUT2D eigenvalue weighted by atomic mass is 10.0. The first kappa shape index (κ1) is 20.8. The van der Waals surface area contributed by atoms with Gasteiger partial charge in [-0.1, -0.05) is 54.6 Å². The number of amides is 1. The molecule has 0 spiro atoms. The van der Waals surface area contributed by atoms with E-state index >= 15 is 0 Å². The topological polar surface area (TPSA) is 41.6 Å². The van der Waals surface area contributed by atoms with Gasteiger partial charge in [-0.15, -0.1) is 11.3 Å². The molecule has 4 nitrogen and oxygen atoms in total. The standard InChI is InChI=1S/C25H28N2O2S/c28-25(19-27(17-22-11-6-14-29-22)18-23-12-7-15-30-23)26-24-13-5-4-10-21(24)16-20-8-2-1-3-9-20/h1-5,7-10,12-13,15,22H,6,11,14,16-19H2,(H,26,28)/t22-/m0/s1. The molecule has 3 aromatic rings. The van der Waals surface area contributed by atoms with E-state index in [9.17, 15) is 4.79 Å². The van der Waals surface area contributed by atoms with E-state index in [2.05, 4.69) is 45.9 Å². The average molecular weight is 421 g/mol. The van der Waals surface area contributed by atoms with Gasteiger partial charge in [-0.2, -0.15) is 0 Å². The first-order valence-corrected chi connectivity index (χ1v) is 11.4. The highest BCUT2D eigenvalue weighted by Gasteiger charge is 2.21. The van der Waals surface area contributed by atoms with Crippen LogP contribution in [0, 0.1) is 0 Å². The third kappa shape index (κ3) is 6.02. The molecule has 1 N–H and O–H groups in total. The number of anilines is 1. The Morgan fingerprint density at radius 2 is 1.90 bits per heavy atom. The van der Waals surface area contributed by atoms with Crippen molar-refractivity contribution in [3.63, 3.8) is 0 Å². The smallest absolute Gasteiger partial charge is 0.238 e. The van der Waals surface area contributed by atoms with Crippen molar-refractivity contribution in [2.45, 2.75) is 31.9 Å². The molecule has 1 fully saturated rings. The Balaban J connectivity index is 1.41. The molecule has 0 unspecified atom stereocenters. The molecule has 1 saturated heterocycles. The van der Waals surface area contributed by atoms with E-state index in [0.717, 1.165) is 50.2 Å². The third-order valence-corrected chi connectivity index (χ3v) is 6.20. The first-order chi connectivity index (χ1) is 14.8. The van der Waals surface area contributed by atoms with Crippen LogP contribution in [0.4, 0.5) is 5.69 Å². The molecule has 1 atom stereocenters. The Kier molecular flexibility index (Phi) is 7.29. The molecule has 0 radical (unpaired) electrons. The van der Waals surface area contributed by atoms with E-state index in [1.54, 1.807) is 11.3 Å². The monoisotopic (exact) mass is 420 g/mol. The maximum Gasteiger partial charge on any atom is 0.238 e. The number of carbonyl (C=O) groups excluding carboxylic acids is 1. The normalized spacial score (nSPS) is 16.1. The minimum atomic E-state index is 0.0186. The van der Waals surface area contributed by atoms with Gasteiger partial charge >= 0.3 is 0 Å². The van der Waals surface area contributed by atoms with Crippen molar-refractivity contribution >= 4 is 22.9 Å². The maximum atomic E-state index is 12.9. The Bertz CT molecular complexity index is 921. The number of thiophene rings is 1. The molecule has 0 bridgehead atoms. The summed E-state index contributed by atoms with van der Waals surface area (Å²) in [7, 11) is 0. The summed E-state index contributed by atoms with van der Waals surface area (Å²) in [6, 6.07) is 22.6. The second kappa shape index (κ2) is 10.5. The summed E-state index contributed by atoms with van der Waals surface area (Å²) in [6.45, 7) is 2.75.